The topological polar surface area (TPSA) is 100 Å². The molecule has 0 saturated heterocycles. The zero-order valence-corrected chi connectivity index (χ0v) is 14.5. The third-order valence-electron chi connectivity index (χ3n) is 3.17. The molecule has 0 unspecified atom stereocenters. The summed E-state index contributed by atoms with van der Waals surface area (Å²) in [5.74, 6) is -0.184. The second-order valence-electron chi connectivity index (χ2n) is 4.81. The highest BCUT2D eigenvalue weighted by molar-refractivity contribution is 7.90. The Hall–Kier alpha value is -1.42. The largest absolute Gasteiger partial charge is 0.383 e. The van der Waals surface area contributed by atoms with Crippen LogP contribution in [0.15, 0.2) is 28.3 Å². The molecule has 2 aliphatic heterocycles. The number of methoxy groups -OCH3 is 1. The number of hydrogen-bond donors (Lipinski definition) is 2. The van der Waals surface area contributed by atoms with Gasteiger partial charge in [-0.15, -0.1) is 16.8 Å². The van der Waals surface area contributed by atoms with Crippen molar-refractivity contribution in [3.63, 3.8) is 0 Å². The fourth-order valence-electron chi connectivity index (χ4n) is 2.05. The van der Waals surface area contributed by atoms with Gasteiger partial charge in [0.25, 0.3) is 15.9 Å². The van der Waals surface area contributed by atoms with Crippen molar-refractivity contribution >= 4 is 34.2 Å². The average Bonchev–Trinajstić information content (AvgIpc) is 2.49. The number of carbonyl (C=O) groups is 1. The highest BCUT2D eigenvalue weighted by atomic mass is 35.5. The Kier molecular flexibility index (Phi) is 7.69. The van der Waals surface area contributed by atoms with Crippen LogP contribution in [-0.4, -0.2) is 70.7 Å². The second-order valence-corrected chi connectivity index (χ2v) is 6.57. The normalized spacial score (nSPS) is 18.4. The molecule has 0 aliphatic carbocycles. The maximum atomic E-state index is 12.2. The SMILES string of the molecule is COCCNCCNC(=O)C1=CC=CN2CCS(=O)(=O)N=C12.Cl. The molecule has 0 bridgehead atoms. The fraction of sp³-hybridized carbons (Fsp3) is 0.538. The second kappa shape index (κ2) is 9.02. The summed E-state index contributed by atoms with van der Waals surface area (Å²) in [6.45, 7) is 2.65. The Morgan fingerprint density at radius 3 is 2.91 bits per heavy atom. The number of carbonyl (C=O) groups excluding carboxylic acids is 1. The van der Waals surface area contributed by atoms with Gasteiger partial charge >= 0.3 is 0 Å². The summed E-state index contributed by atoms with van der Waals surface area (Å²) in [5.41, 5.74) is 0.266. The maximum Gasteiger partial charge on any atom is 0.256 e. The van der Waals surface area contributed by atoms with Gasteiger partial charge in [0.2, 0.25) is 0 Å². The van der Waals surface area contributed by atoms with Gasteiger partial charge in [-0.2, -0.15) is 0 Å². The molecule has 2 aliphatic rings. The zero-order valence-electron chi connectivity index (χ0n) is 12.8. The molecule has 0 aromatic carbocycles. The number of ether oxygens (including phenoxy) is 1. The van der Waals surface area contributed by atoms with E-state index in [2.05, 4.69) is 15.0 Å². The van der Waals surface area contributed by atoms with E-state index in [1.807, 2.05) is 0 Å². The van der Waals surface area contributed by atoms with Crippen molar-refractivity contribution in [1.29, 1.82) is 0 Å². The summed E-state index contributed by atoms with van der Waals surface area (Å²) < 4.78 is 31.8. The van der Waals surface area contributed by atoms with Gasteiger partial charge in [0.05, 0.1) is 17.9 Å². The van der Waals surface area contributed by atoms with E-state index in [1.165, 1.54) is 0 Å². The van der Waals surface area contributed by atoms with E-state index in [0.29, 0.717) is 32.8 Å². The van der Waals surface area contributed by atoms with Crippen LogP contribution < -0.4 is 10.6 Å². The van der Waals surface area contributed by atoms with Crippen LogP contribution >= 0.6 is 12.4 Å². The summed E-state index contributed by atoms with van der Waals surface area (Å²) in [7, 11) is -1.87. The van der Waals surface area contributed by atoms with E-state index in [-0.39, 0.29) is 35.5 Å². The number of amides is 1. The van der Waals surface area contributed by atoms with Crippen LogP contribution in [-0.2, 0) is 19.6 Å². The van der Waals surface area contributed by atoms with Crippen molar-refractivity contribution in [2.75, 3.05) is 45.6 Å². The van der Waals surface area contributed by atoms with Crippen LogP contribution in [0.25, 0.3) is 0 Å². The van der Waals surface area contributed by atoms with Crippen molar-refractivity contribution in [2.45, 2.75) is 0 Å². The fourth-order valence-corrected chi connectivity index (χ4v) is 3.04. The number of nitrogens with one attached hydrogen (secondary N) is 2. The number of fused-ring (bicyclic) bond motifs is 1. The molecule has 130 valence electrons. The molecule has 2 N–H and O–H groups in total. The first kappa shape index (κ1) is 19.6. The molecule has 0 aromatic rings. The summed E-state index contributed by atoms with van der Waals surface area (Å²) in [6.07, 6.45) is 5.00. The van der Waals surface area contributed by atoms with Gasteiger partial charge in [-0.25, -0.2) is 8.42 Å². The lowest BCUT2D eigenvalue weighted by molar-refractivity contribution is -0.117. The van der Waals surface area contributed by atoms with Crippen LogP contribution in [0.3, 0.4) is 0 Å². The number of allylic oxidation sites excluding steroid dienone is 2. The molecule has 0 saturated carbocycles. The first-order valence-electron chi connectivity index (χ1n) is 6.99. The zero-order chi connectivity index (χ0) is 16.0. The molecule has 0 radical (unpaired) electrons. The molecule has 0 spiro atoms. The van der Waals surface area contributed by atoms with Crippen molar-refractivity contribution < 1.29 is 17.9 Å². The van der Waals surface area contributed by atoms with Crippen LogP contribution in [0.2, 0.25) is 0 Å². The van der Waals surface area contributed by atoms with E-state index >= 15 is 0 Å². The number of halogens is 1. The van der Waals surface area contributed by atoms with Crippen molar-refractivity contribution in [1.82, 2.24) is 15.5 Å². The Morgan fingerprint density at radius 1 is 1.39 bits per heavy atom. The van der Waals surface area contributed by atoms with Crippen LogP contribution in [0, 0.1) is 0 Å². The van der Waals surface area contributed by atoms with Crippen molar-refractivity contribution in [3.8, 4) is 0 Å². The quantitative estimate of drug-likeness (QED) is 0.577. The molecular weight excluding hydrogens is 344 g/mol. The predicted molar refractivity (Wildman–Crippen MR) is 90.2 cm³/mol. The molecule has 0 aromatic heterocycles. The van der Waals surface area contributed by atoms with E-state index in [4.69, 9.17) is 4.74 Å². The highest BCUT2D eigenvalue weighted by Gasteiger charge is 2.29. The number of nitrogens with zero attached hydrogens (tertiary/aromatic N) is 2. The van der Waals surface area contributed by atoms with Gasteiger partial charge in [0.15, 0.2) is 5.84 Å². The first-order valence-corrected chi connectivity index (χ1v) is 8.60. The van der Waals surface area contributed by atoms with Crippen LogP contribution in [0.4, 0.5) is 0 Å². The molecule has 2 heterocycles. The monoisotopic (exact) mass is 364 g/mol. The Labute approximate surface area is 142 Å². The van der Waals surface area contributed by atoms with Gasteiger partial charge in [-0.3, -0.25) is 4.79 Å². The summed E-state index contributed by atoms with van der Waals surface area (Å²) in [5, 5.41) is 5.85. The first-order chi connectivity index (χ1) is 10.5. The molecule has 23 heavy (non-hydrogen) atoms. The highest BCUT2D eigenvalue weighted by Crippen LogP contribution is 2.17. The summed E-state index contributed by atoms with van der Waals surface area (Å²) >= 11 is 0. The smallest absolute Gasteiger partial charge is 0.256 e. The lowest BCUT2D eigenvalue weighted by Gasteiger charge is -2.28. The predicted octanol–water partition coefficient (Wildman–Crippen LogP) is -0.742. The number of rotatable bonds is 7. The molecule has 10 heteroatoms. The Balaban J connectivity index is 0.00000264. The molecular formula is C13H21ClN4O4S. The summed E-state index contributed by atoms with van der Waals surface area (Å²) in [4.78, 5) is 13.9. The van der Waals surface area contributed by atoms with E-state index in [9.17, 15) is 13.2 Å². The summed E-state index contributed by atoms with van der Waals surface area (Å²) in [6, 6.07) is 0. The molecule has 1 amide bonds. The lowest BCUT2D eigenvalue weighted by atomic mass is 10.1. The standard InChI is InChI=1S/C13H20N4O4S.ClH/c1-21-9-6-14-4-5-15-13(18)11-3-2-7-17-8-10-22(19,20)16-12(11)17;/h2-3,7,14H,4-6,8-10H2,1H3,(H,15,18);1H. The van der Waals surface area contributed by atoms with Gasteiger partial charge < -0.3 is 20.3 Å². The van der Waals surface area contributed by atoms with Gasteiger partial charge in [0, 0.05) is 39.5 Å². The number of amidine groups is 1. The lowest BCUT2D eigenvalue weighted by Crippen LogP contribution is -2.43. The van der Waals surface area contributed by atoms with Gasteiger partial charge in [0.1, 0.15) is 0 Å². The molecule has 2 rings (SSSR count). The van der Waals surface area contributed by atoms with E-state index in [1.54, 1.807) is 30.4 Å². The molecule has 0 atom stereocenters. The van der Waals surface area contributed by atoms with E-state index in [0.717, 1.165) is 0 Å². The molecule has 0 fully saturated rings. The van der Waals surface area contributed by atoms with Crippen molar-refractivity contribution in [2.24, 2.45) is 4.40 Å². The third kappa shape index (κ3) is 5.61. The average molecular weight is 365 g/mol. The van der Waals surface area contributed by atoms with Crippen LogP contribution in [0.1, 0.15) is 0 Å². The number of sulfonamides is 1. The minimum absolute atomic E-state index is 0. The molecule has 8 nitrogen and oxygen atoms in total. The third-order valence-corrected chi connectivity index (χ3v) is 4.32. The van der Waals surface area contributed by atoms with Gasteiger partial charge in [-0.05, 0) is 12.2 Å². The minimum atomic E-state index is -3.49. The van der Waals surface area contributed by atoms with E-state index < -0.39 is 10.0 Å². The van der Waals surface area contributed by atoms with Gasteiger partial charge in [-0.1, -0.05) is 0 Å². The Morgan fingerprint density at radius 2 is 2.17 bits per heavy atom. The van der Waals surface area contributed by atoms with Crippen molar-refractivity contribution in [3.05, 3.63) is 23.9 Å². The minimum Gasteiger partial charge on any atom is -0.383 e. The maximum absolute atomic E-state index is 12.2. The van der Waals surface area contributed by atoms with Crippen LogP contribution in [0.5, 0.6) is 0 Å². The number of hydrogen-bond acceptors (Lipinski definition) is 6. The Bertz CT molecular complexity index is 615.